The maximum absolute atomic E-state index is 5.93. The van der Waals surface area contributed by atoms with E-state index in [0.717, 1.165) is 34.0 Å². The molecule has 21 heavy (non-hydrogen) atoms. The highest BCUT2D eigenvalue weighted by Crippen LogP contribution is 2.32. The maximum Gasteiger partial charge on any atom is 0.146 e. The van der Waals surface area contributed by atoms with Gasteiger partial charge in [0.1, 0.15) is 11.5 Å². The monoisotopic (exact) mass is 301 g/mol. The Morgan fingerprint density at radius 2 is 1.76 bits per heavy atom. The van der Waals surface area contributed by atoms with Crippen molar-refractivity contribution in [3.05, 3.63) is 59.2 Å². The molecule has 0 amide bonds. The first-order valence-electron chi connectivity index (χ1n) is 6.66. The molecular formula is C17H16ClNO2. The molecule has 1 heterocycles. The summed E-state index contributed by atoms with van der Waals surface area (Å²) in [4.78, 5) is 0. The number of hydrogen-bond donors (Lipinski definition) is 0. The molecule has 2 aromatic carbocycles. The molecule has 0 fully saturated rings. The summed E-state index contributed by atoms with van der Waals surface area (Å²) in [6.45, 7) is 0.767. The standard InChI is InChI=1S/C17H16ClNO2/c1-20-15-9-13-7-8-19(17(13)16(10-15)21-2)11-12-3-5-14(18)6-4-12/h3-10H,11H2,1-2H3. The van der Waals surface area contributed by atoms with Crippen LogP contribution in [0.25, 0.3) is 10.9 Å². The van der Waals surface area contributed by atoms with Gasteiger partial charge < -0.3 is 14.0 Å². The third-order valence-electron chi connectivity index (χ3n) is 3.52. The van der Waals surface area contributed by atoms with Crippen LogP contribution in [0, 0.1) is 0 Å². The van der Waals surface area contributed by atoms with Gasteiger partial charge in [-0.25, -0.2) is 0 Å². The molecule has 0 N–H and O–H groups in total. The third kappa shape index (κ3) is 2.69. The van der Waals surface area contributed by atoms with Crippen LogP contribution in [0.2, 0.25) is 5.02 Å². The topological polar surface area (TPSA) is 23.4 Å². The number of benzene rings is 2. The lowest BCUT2D eigenvalue weighted by Gasteiger charge is -2.11. The van der Waals surface area contributed by atoms with Crippen molar-refractivity contribution < 1.29 is 9.47 Å². The Kier molecular flexibility index (Phi) is 3.76. The lowest BCUT2D eigenvalue weighted by molar-refractivity contribution is 0.397. The van der Waals surface area contributed by atoms with Crippen LogP contribution < -0.4 is 9.47 Å². The molecule has 108 valence electrons. The van der Waals surface area contributed by atoms with E-state index in [2.05, 4.69) is 16.8 Å². The summed E-state index contributed by atoms with van der Waals surface area (Å²) >= 11 is 5.93. The van der Waals surface area contributed by atoms with Gasteiger partial charge in [0.15, 0.2) is 0 Å². The van der Waals surface area contributed by atoms with Crippen molar-refractivity contribution in [2.24, 2.45) is 0 Å². The van der Waals surface area contributed by atoms with E-state index in [9.17, 15) is 0 Å². The van der Waals surface area contributed by atoms with E-state index < -0.39 is 0 Å². The van der Waals surface area contributed by atoms with Gasteiger partial charge in [0, 0.05) is 29.2 Å². The van der Waals surface area contributed by atoms with E-state index in [1.807, 2.05) is 36.4 Å². The van der Waals surface area contributed by atoms with Crippen LogP contribution >= 0.6 is 11.6 Å². The highest BCUT2D eigenvalue weighted by molar-refractivity contribution is 6.30. The number of aromatic nitrogens is 1. The SMILES string of the molecule is COc1cc(OC)c2c(ccn2Cc2ccc(Cl)cc2)c1. The molecule has 3 nitrogen and oxygen atoms in total. The summed E-state index contributed by atoms with van der Waals surface area (Å²) in [5, 5.41) is 1.85. The first-order valence-corrected chi connectivity index (χ1v) is 7.04. The van der Waals surface area contributed by atoms with Crippen LogP contribution in [-0.4, -0.2) is 18.8 Å². The third-order valence-corrected chi connectivity index (χ3v) is 3.77. The van der Waals surface area contributed by atoms with E-state index in [1.54, 1.807) is 14.2 Å². The normalized spacial score (nSPS) is 10.8. The minimum absolute atomic E-state index is 0.749. The molecule has 0 unspecified atom stereocenters. The van der Waals surface area contributed by atoms with Crippen LogP contribution in [0.3, 0.4) is 0 Å². The fourth-order valence-corrected chi connectivity index (χ4v) is 2.60. The predicted molar refractivity (Wildman–Crippen MR) is 85.6 cm³/mol. The quantitative estimate of drug-likeness (QED) is 0.715. The average Bonchev–Trinajstić information content (AvgIpc) is 2.91. The number of halogens is 1. The zero-order valence-corrected chi connectivity index (χ0v) is 12.7. The Morgan fingerprint density at radius 3 is 2.43 bits per heavy atom. The molecule has 0 saturated heterocycles. The van der Waals surface area contributed by atoms with Crippen LogP contribution in [0.4, 0.5) is 0 Å². The summed E-state index contributed by atoms with van der Waals surface area (Å²) in [7, 11) is 3.33. The molecular weight excluding hydrogens is 286 g/mol. The van der Waals surface area contributed by atoms with Gasteiger partial charge >= 0.3 is 0 Å². The van der Waals surface area contributed by atoms with Crippen LogP contribution in [0.5, 0.6) is 11.5 Å². The van der Waals surface area contributed by atoms with Crippen LogP contribution in [-0.2, 0) is 6.54 Å². The van der Waals surface area contributed by atoms with Crippen molar-refractivity contribution >= 4 is 22.5 Å². The van der Waals surface area contributed by atoms with Gasteiger partial charge in [0.05, 0.1) is 19.7 Å². The highest BCUT2D eigenvalue weighted by atomic mass is 35.5. The second-order valence-corrected chi connectivity index (χ2v) is 5.27. The minimum atomic E-state index is 0.749. The molecule has 0 aliphatic heterocycles. The second kappa shape index (κ2) is 5.70. The Bertz CT molecular complexity index is 762. The molecule has 0 atom stereocenters. The smallest absolute Gasteiger partial charge is 0.146 e. The lowest BCUT2D eigenvalue weighted by Crippen LogP contribution is -1.99. The summed E-state index contributed by atoms with van der Waals surface area (Å²) in [5.41, 5.74) is 2.25. The van der Waals surface area contributed by atoms with Gasteiger partial charge in [-0.2, -0.15) is 0 Å². The van der Waals surface area contributed by atoms with Crippen molar-refractivity contribution in [2.45, 2.75) is 6.54 Å². The number of rotatable bonds is 4. The molecule has 1 aromatic heterocycles. The predicted octanol–water partition coefficient (Wildman–Crippen LogP) is 4.36. The Labute approximate surface area is 128 Å². The first kappa shape index (κ1) is 13.8. The van der Waals surface area contributed by atoms with Crippen molar-refractivity contribution in [3.63, 3.8) is 0 Å². The Balaban J connectivity index is 2.04. The van der Waals surface area contributed by atoms with Crippen molar-refractivity contribution in [3.8, 4) is 11.5 Å². The molecule has 4 heteroatoms. The molecule has 0 radical (unpaired) electrons. The molecule has 3 rings (SSSR count). The number of methoxy groups -OCH3 is 2. The maximum atomic E-state index is 5.93. The van der Waals surface area contributed by atoms with Crippen molar-refractivity contribution in [1.29, 1.82) is 0 Å². The average molecular weight is 302 g/mol. The molecule has 0 aliphatic rings. The number of ether oxygens (including phenoxy) is 2. The van der Waals surface area contributed by atoms with Crippen LogP contribution in [0.1, 0.15) is 5.56 Å². The summed E-state index contributed by atoms with van der Waals surface area (Å²) in [5.74, 6) is 1.60. The van der Waals surface area contributed by atoms with E-state index in [0.29, 0.717) is 0 Å². The highest BCUT2D eigenvalue weighted by Gasteiger charge is 2.10. The van der Waals surface area contributed by atoms with Crippen molar-refractivity contribution in [1.82, 2.24) is 4.57 Å². The van der Waals surface area contributed by atoms with E-state index in [-0.39, 0.29) is 0 Å². The van der Waals surface area contributed by atoms with Gasteiger partial charge in [-0.1, -0.05) is 23.7 Å². The van der Waals surface area contributed by atoms with E-state index in [4.69, 9.17) is 21.1 Å². The largest absolute Gasteiger partial charge is 0.497 e. The number of hydrogen-bond acceptors (Lipinski definition) is 2. The minimum Gasteiger partial charge on any atom is -0.497 e. The van der Waals surface area contributed by atoms with Gasteiger partial charge in [0.25, 0.3) is 0 Å². The first-order chi connectivity index (χ1) is 10.2. The van der Waals surface area contributed by atoms with Crippen molar-refractivity contribution in [2.75, 3.05) is 14.2 Å². The van der Waals surface area contributed by atoms with Gasteiger partial charge in [-0.15, -0.1) is 0 Å². The van der Waals surface area contributed by atoms with Gasteiger partial charge in [-0.05, 0) is 29.8 Å². The molecule has 0 spiro atoms. The van der Waals surface area contributed by atoms with E-state index in [1.165, 1.54) is 5.56 Å². The molecule has 3 aromatic rings. The van der Waals surface area contributed by atoms with E-state index >= 15 is 0 Å². The molecule has 0 saturated carbocycles. The van der Waals surface area contributed by atoms with Gasteiger partial charge in [-0.3, -0.25) is 0 Å². The Morgan fingerprint density at radius 1 is 1.00 bits per heavy atom. The molecule has 0 bridgehead atoms. The van der Waals surface area contributed by atoms with Crippen LogP contribution in [0.15, 0.2) is 48.7 Å². The summed E-state index contributed by atoms with van der Waals surface area (Å²) in [6, 6.07) is 13.9. The fraction of sp³-hybridized carbons (Fsp3) is 0.176. The Hall–Kier alpha value is -2.13. The zero-order valence-electron chi connectivity index (χ0n) is 12.0. The summed E-state index contributed by atoms with van der Waals surface area (Å²) in [6.07, 6.45) is 2.06. The molecule has 0 aliphatic carbocycles. The lowest BCUT2D eigenvalue weighted by atomic mass is 10.2. The van der Waals surface area contributed by atoms with Gasteiger partial charge in [0.2, 0.25) is 0 Å². The fourth-order valence-electron chi connectivity index (χ4n) is 2.47. The number of fused-ring (bicyclic) bond motifs is 1. The summed E-state index contributed by atoms with van der Waals surface area (Å²) < 4.78 is 13.0. The number of nitrogens with zero attached hydrogens (tertiary/aromatic N) is 1. The zero-order chi connectivity index (χ0) is 14.8. The second-order valence-electron chi connectivity index (χ2n) is 4.84.